The summed E-state index contributed by atoms with van der Waals surface area (Å²) in [6.45, 7) is 0. The van der Waals surface area contributed by atoms with Gasteiger partial charge in [-0.05, 0) is 12.1 Å². The van der Waals surface area contributed by atoms with Gasteiger partial charge in [0.15, 0.2) is 0 Å². The van der Waals surface area contributed by atoms with Crippen molar-refractivity contribution in [3.63, 3.8) is 0 Å². The Morgan fingerprint density at radius 1 is 1.27 bits per heavy atom. The van der Waals surface area contributed by atoms with Crippen LogP contribution < -0.4 is 5.32 Å². The molecule has 0 spiro atoms. The number of benzene rings is 1. The van der Waals surface area contributed by atoms with Crippen LogP contribution in [0.5, 0.6) is 0 Å². The molecule has 0 unspecified atom stereocenters. The lowest BCUT2D eigenvalue weighted by atomic mass is 10.3. The standard InChI is InChI=1S/C9H7BrCl3NO/c10-2-1-8(15)14-9-6(12)3-5(11)4-7(9)13/h3-4H,1-2H2,(H,14,15). The third kappa shape index (κ3) is 3.83. The van der Waals surface area contributed by atoms with Gasteiger partial charge in [-0.3, -0.25) is 4.79 Å². The van der Waals surface area contributed by atoms with E-state index in [1.54, 1.807) is 0 Å². The lowest BCUT2D eigenvalue weighted by Gasteiger charge is -2.08. The van der Waals surface area contributed by atoms with E-state index in [-0.39, 0.29) is 5.91 Å². The number of anilines is 1. The Hall–Kier alpha value is 0.0400. The molecule has 0 heterocycles. The van der Waals surface area contributed by atoms with E-state index >= 15 is 0 Å². The van der Waals surface area contributed by atoms with Crippen LogP contribution in [0.15, 0.2) is 12.1 Å². The van der Waals surface area contributed by atoms with Gasteiger partial charge in [0.2, 0.25) is 5.91 Å². The molecule has 0 bridgehead atoms. The maximum absolute atomic E-state index is 11.3. The lowest BCUT2D eigenvalue weighted by molar-refractivity contribution is -0.115. The van der Waals surface area contributed by atoms with E-state index in [4.69, 9.17) is 34.8 Å². The minimum absolute atomic E-state index is 0.155. The highest BCUT2D eigenvalue weighted by molar-refractivity contribution is 9.09. The lowest BCUT2D eigenvalue weighted by Crippen LogP contribution is -2.12. The van der Waals surface area contributed by atoms with Crippen molar-refractivity contribution in [3.8, 4) is 0 Å². The number of nitrogens with one attached hydrogen (secondary N) is 1. The second kappa shape index (κ2) is 5.94. The van der Waals surface area contributed by atoms with Crippen LogP contribution in [-0.2, 0) is 4.79 Å². The second-order valence-electron chi connectivity index (χ2n) is 2.73. The van der Waals surface area contributed by atoms with Crippen molar-refractivity contribution in [2.45, 2.75) is 6.42 Å². The average molecular weight is 331 g/mol. The zero-order valence-electron chi connectivity index (χ0n) is 7.49. The van der Waals surface area contributed by atoms with Crippen LogP contribution in [0.1, 0.15) is 6.42 Å². The molecule has 0 radical (unpaired) electrons. The Kier molecular flexibility index (Phi) is 5.19. The van der Waals surface area contributed by atoms with Crippen LogP contribution in [0.25, 0.3) is 0 Å². The van der Waals surface area contributed by atoms with Crippen LogP contribution in [0.4, 0.5) is 5.69 Å². The minimum atomic E-state index is -0.155. The predicted molar refractivity (Wildman–Crippen MR) is 68.5 cm³/mol. The minimum Gasteiger partial charge on any atom is -0.324 e. The summed E-state index contributed by atoms with van der Waals surface area (Å²) in [5.41, 5.74) is 0.397. The molecule has 15 heavy (non-hydrogen) atoms. The fourth-order valence-corrected chi connectivity index (χ4v) is 2.22. The third-order valence-corrected chi connectivity index (χ3v) is 2.80. The molecular weight excluding hydrogens is 324 g/mol. The SMILES string of the molecule is O=C(CCBr)Nc1c(Cl)cc(Cl)cc1Cl. The molecule has 0 aliphatic heterocycles. The number of alkyl halides is 1. The van der Waals surface area contributed by atoms with Crippen LogP contribution in [0, 0.1) is 0 Å². The Bertz CT molecular complexity index is 361. The normalized spacial score (nSPS) is 10.1. The first kappa shape index (κ1) is 13.1. The Morgan fingerprint density at radius 2 is 1.80 bits per heavy atom. The first-order valence-corrected chi connectivity index (χ1v) is 6.30. The van der Waals surface area contributed by atoms with E-state index in [1.807, 2.05) is 0 Å². The van der Waals surface area contributed by atoms with Gasteiger partial charge in [-0.15, -0.1) is 0 Å². The summed E-state index contributed by atoms with van der Waals surface area (Å²) in [5.74, 6) is -0.155. The van der Waals surface area contributed by atoms with Gasteiger partial charge >= 0.3 is 0 Å². The van der Waals surface area contributed by atoms with E-state index in [9.17, 15) is 4.79 Å². The highest BCUT2D eigenvalue weighted by Crippen LogP contribution is 2.33. The number of amides is 1. The number of carbonyl (C=O) groups excluding carboxylic acids is 1. The van der Waals surface area contributed by atoms with Crippen molar-refractivity contribution in [1.29, 1.82) is 0 Å². The summed E-state index contributed by atoms with van der Waals surface area (Å²) in [5, 5.41) is 4.29. The summed E-state index contributed by atoms with van der Waals surface area (Å²) >= 11 is 20.7. The molecule has 1 rings (SSSR count). The molecular formula is C9H7BrCl3NO. The van der Waals surface area contributed by atoms with Crippen LogP contribution in [-0.4, -0.2) is 11.2 Å². The van der Waals surface area contributed by atoms with Crippen molar-refractivity contribution >= 4 is 62.3 Å². The smallest absolute Gasteiger partial charge is 0.225 e. The van der Waals surface area contributed by atoms with Crippen molar-refractivity contribution < 1.29 is 4.79 Å². The Morgan fingerprint density at radius 3 is 2.27 bits per heavy atom. The van der Waals surface area contributed by atoms with Crippen molar-refractivity contribution in [2.75, 3.05) is 10.6 Å². The maximum Gasteiger partial charge on any atom is 0.225 e. The highest BCUT2D eigenvalue weighted by atomic mass is 79.9. The summed E-state index contributed by atoms with van der Waals surface area (Å²) in [6.07, 6.45) is 0.356. The Labute approximate surface area is 111 Å². The van der Waals surface area contributed by atoms with Gasteiger partial charge in [0, 0.05) is 16.8 Å². The third-order valence-electron chi connectivity index (χ3n) is 1.59. The second-order valence-corrected chi connectivity index (χ2v) is 4.78. The fourth-order valence-electron chi connectivity index (χ4n) is 0.949. The molecule has 0 aliphatic rings. The molecule has 1 amide bonds. The number of hydrogen-bond acceptors (Lipinski definition) is 1. The van der Waals surface area contributed by atoms with E-state index in [0.29, 0.717) is 32.5 Å². The fraction of sp³-hybridized carbons (Fsp3) is 0.222. The summed E-state index contributed by atoms with van der Waals surface area (Å²) < 4.78 is 0. The predicted octanol–water partition coefficient (Wildman–Crippen LogP) is 4.37. The molecule has 82 valence electrons. The van der Waals surface area contributed by atoms with E-state index < -0.39 is 0 Å². The summed E-state index contributed by atoms with van der Waals surface area (Å²) in [4.78, 5) is 11.3. The largest absolute Gasteiger partial charge is 0.324 e. The monoisotopic (exact) mass is 329 g/mol. The molecule has 0 fully saturated rings. The van der Waals surface area contributed by atoms with E-state index in [0.717, 1.165) is 0 Å². The molecule has 0 atom stereocenters. The number of rotatable bonds is 3. The number of hydrogen-bond donors (Lipinski definition) is 1. The summed E-state index contributed by atoms with van der Waals surface area (Å²) in [7, 11) is 0. The van der Waals surface area contributed by atoms with Crippen LogP contribution >= 0.6 is 50.7 Å². The van der Waals surface area contributed by atoms with Crippen molar-refractivity contribution in [3.05, 3.63) is 27.2 Å². The first-order valence-electron chi connectivity index (χ1n) is 4.05. The van der Waals surface area contributed by atoms with E-state index in [1.165, 1.54) is 12.1 Å². The van der Waals surface area contributed by atoms with Gasteiger partial charge in [-0.25, -0.2) is 0 Å². The van der Waals surface area contributed by atoms with Gasteiger partial charge < -0.3 is 5.32 Å². The quantitative estimate of drug-likeness (QED) is 0.819. The van der Waals surface area contributed by atoms with Gasteiger partial charge in [0.1, 0.15) is 0 Å². The summed E-state index contributed by atoms with van der Waals surface area (Å²) in [6, 6.07) is 3.05. The van der Waals surface area contributed by atoms with E-state index in [2.05, 4.69) is 21.2 Å². The molecule has 0 saturated heterocycles. The van der Waals surface area contributed by atoms with Crippen molar-refractivity contribution in [2.24, 2.45) is 0 Å². The van der Waals surface area contributed by atoms with Crippen LogP contribution in [0.2, 0.25) is 15.1 Å². The van der Waals surface area contributed by atoms with Gasteiger partial charge in [0.05, 0.1) is 15.7 Å². The maximum atomic E-state index is 11.3. The van der Waals surface area contributed by atoms with Gasteiger partial charge in [-0.1, -0.05) is 50.7 Å². The molecule has 1 aromatic carbocycles. The highest BCUT2D eigenvalue weighted by Gasteiger charge is 2.10. The molecule has 0 aromatic heterocycles. The molecule has 2 nitrogen and oxygen atoms in total. The molecule has 6 heteroatoms. The molecule has 0 aliphatic carbocycles. The van der Waals surface area contributed by atoms with Crippen molar-refractivity contribution in [1.82, 2.24) is 0 Å². The van der Waals surface area contributed by atoms with Crippen LogP contribution in [0.3, 0.4) is 0 Å². The molecule has 0 saturated carbocycles. The number of halogens is 4. The topological polar surface area (TPSA) is 29.1 Å². The van der Waals surface area contributed by atoms with Gasteiger partial charge in [-0.2, -0.15) is 0 Å². The molecule has 1 N–H and O–H groups in total. The Balaban J connectivity index is 2.90. The zero-order valence-corrected chi connectivity index (χ0v) is 11.3. The molecule has 1 aromatic rings. The number of carbonyl (C=O) groups is 1. The zero-order chi connectivity index (χ0) is 11.4. The average Bonchev–Trinajstić information content (AvgIpc) is 2.11. The first-order chi connectivity index (χ1) is 7.04. The van der Waals surface area contributed by atoms with Gasteiger partial charge in [0.25, 0.3) is 0 Å².